The summed E-state index contributed by atoms with van der Waals surface area (Å²) in [5.74, 6) is 0. The first-order chi connectivity index (χ1) is 4.83. The molecule has 0 fully saturated rings. The van der Waals surface area contributed by atoms with Gasteiger partial charge in [-0.05, 0) is 12.1 Å². The lowest BCUT2D eigenvalue weighted by Gasteiger charge is -2.02. The fraction of sp³-hybridized carbons (Fsp3) is 0. The molecular weight excluding hydrogens is 134 g/mol. The largest absolute Gasteiger partial charge is 0.357 e. The van der Waals surface area contributed by atoms with Crippen LogP contribution in [0.5, 0.6) is 0 Å². The van der Waals surface area contributed by atoms with E-state index in [1.807, 2.05) is 0 Å². The van der Waals surface area contributed by atoms with E-state index in [1.54, 1.807) is 24.5 Å². The topological polar surface area (TPSA) is 66.3 Å². The number of hydrogen-bond donors (Lipinski definition) is 3. The summed E-state index contributed by atoms with van der Waals surface area (Å²) in [6.07, 6.45) is 3.27. The number of aromatic nitrogens is 1. The van der Waals surface area contributed by atoms with Gasteiger partial charge in [-0.15, -0.1) is 0 Å². The number of hydrogen-bond acceptors (Lipinski definition) is 2. The molecule has 0 bridgehead atoms. The van der Waals surface area contributed by atoms with Crippen molar-refractivity contribution in [3.63, 3.8) is 0 Å². The van der Waals surface area contributed by atoms with Crippen LogP contribution in [0.25, 0.3) is 0 Å². The second-order valence-corrected chi connectivity index (χ2v) is 1.64. The van der Waals surface area contributed by atoms with Crippen molar-refractivity contribution < 1.29 is 10.0 Å². The maximum Gasteiger partial charge on any atom is 0.357 e. The highest BCUT2D eigenvalue weighted by Gasteiger charge is 1.93. The molecule has 0 radical (unpaired) electrons. The number of rotatable bonds is 1. The lowest BCUT2D eigenvalue weighted by molar-refractivity contribution is 0.170. The van der Waals surface area contributed by atoms with E-state index < -0.39 is 6.03 Å². The summed E-state index contributed by atoms with van der Waals surface area (Å²) in [5, 5.41) is 8.06. The van der Waals surface area contributed by atoms with Crippen molar-refractivity contribution in [2.75, 3.05) is 5.43 Å². The van der Waals surface area contributed by atoms with Crippen molar-refractivity contribution in [2.24, 2.45) is 0 Å². The molecule has 5 nitrogen and oxygen atoms in total. The van der Waals surface area contributed by atoms with Gasteiger partial charge < -0.3 is 0 Å². The normalized spacial score (nSPS) is 8.90. The Morgan fingerprint density at radius 2 is 2.00 bits per heavy atom. The Balaban J connectivity index is 2.48. The quantitative estimate of drug-likeness (QED) is 0.384. The first-order valence-corrected chi connectivity index (χ1v) is 2.67. The molecule has 1 aromatic heterocycles. The molecule has 0 unspecified atom stereocenters. The molecule has 0 saturated heterocycles. The lowest BCUT2D eigenvalue weighted by Crippen LogP contribution is -2.30. The Hall–Kier alpha value is -1.49. The maximum atomic E-state index is 10.4. The number of amides is 2. The zero-order chi connectivity index (χ0) is 7.40. The second kappa shape index (κ2) is 2.88. The molecule has 0 saturated carbocycles. The van der Waals surface area contributed by atoms with Crippen LogP contribution in [0.1, 0.15) is 0 Å². The van der Waals surface area contributed by atoms with Crippen molar-refractivity contribution in [2.45, 2.75) is 0 Å². The molecule has 0 aliphatic heterocycles. The van der Waals surface area contributed by atoms with Crippen molar-refractivity contribution in [3.8, 4) is 0 Å². The first-order valence-electron chi connectivity index (χ1n) is 2.67. The third kappa shape index (κ3) is 1.49. The highest BCUT2D eigenvalue weighted by atomic mass is 16.5. The van der Waals surface area contributed by atoms with Crippen LogP contribution >= 0.6 is 0 Å². The fourth-order valence-corrected chi connectivity index (χ4v) is 0.551. The number of carbonyl (C=O) groups excluding carboxylic acids is 1. The van der Waals surface area contributed by atoms with E-state index in [-0.39, 0.29) is 0 Å². The third-order valence-electron chi connectivity index (χ3n) is 0.937. The van der Waals surface area contributed by atoms with Gasteiger partial charge in [-0.3, -0.25) is 9.88 Å². The number of nitrogens with one attached hydrogen (secondary N) is 2. The third-order valence-corrected chi connectivity index (χ3v) is 0.937. The van der Waals surface area contributed by atoms with E-state index in [0.29, 0.717) is 0 Å². The van der Waals surface area contributed by atoms with Gasteiger partial charge in [0.15, 0.2) is 0 Å². The SMILES string of the molecule is O=C(NO)Nn1cccc1. The van der Waals surface area contributed by atoms with Crippen molar-refractivity contribution in [1.29, 1.82) is 0 Å². The minimum absolute atomic E-state index is 0.670. The van der Waals surface area contributed by atoms with Crippen molar-refractivity contribution in [3.05, 3.63) is 24.5 Å². The molecule has 0 spiro atoms. The van der Waals surface area contributed by atoms with E-state index in [0.717, 1.165) is 0 Å². The maximum absolute atomic E-state index is 10.4. The highest BCUT2D eigenvalue weighted by Crippen LogP contribution is 1.83. The number of hydroxylamine groups is 1. The number of nitrogens with zero attached hydrogens (tertiary/aromatic N) is 1. The molecule has 3 N–H and O–H groups in total. The van der Waals surface area contributed by atoms with Gasteiger partial charge >= 0.3 is 6.03 Å². The molecular formula is C5H7N3O2. The molecule has 0 aromatic carbocycles. The summed E-state index contributed by atoms with van der Waals surface area (Å²) in [6.45, 7) is 0. The summed E-state index contributed by atoms with van der Waals surface area (Å²) >= 11 is 0. The Kier molecular flexibility index (Phi) is 1.91. The molecule has 5 heteroatoms. The minimum atomic E-state index is -0.670. The average Bonchev–Trinajstić information content (AvgIpc) is 2.40. The lowest BCUT2D eigenvalue weighted by atomic mass is 10.7. The van der Waals surface area contributed by atoms with Gasteiger partial charge in [0.05, 0.1) is 0 Å². The van der Waals surface area contributed by atoms with Gasteiger partial charge in [-0.25, -0.2) is 15.7 Å². The minimum Gasteiger partial charge on any atom is -0.287 e. The molecule has 54 valence electrons. The smallest absolute Gasteiger partial charge is 0.287 e. The van der Waals surface area contributed by atoms with E-state index >= 15 is 0 Å². The standard InChI is InChI=1S/C5H7N3O2/c9-5(7-10)6-8-3-1-2-4-8/h1-4,10H,(H2,6,7,9). The van der Waals surface area contributed by atoms with Crippen LogP contribution < -0.4 is 10.9 Å². The summed E-state index contributed by atoms with van der Waals surface area (Å²) in [6, 6.07) is 2.83. The van der Waals surface area contributed by atoms with Crippen LogP contribution in [-0.4, -0.2) is 15.9 Å². The molecule has 0 aliphatic rings. The van der Waals surface area contributed by atoms with Gasteiger partial charge in [-0.1, -0.05) is 0 Å². The monoisotopic (exact) mass is 141 g/mol. The predicted molar refractivity (Wildman–Crippen MR) is 34.1 cm³/mol. The first kappa shape index (κ1) is 6.63. The summed E-state index contributed by atoms with van der Waals surface area (Å²) in [7, 11) is 0. The Labute approximate surface area is 57.2 Å². The number of urea groups is 1. The Morgan fingerprint density at radius 1 is 1.40 bits per heavy atom. The van der Waals surface area contributed by atoms with E-state index in [9.17, 15) is 4.79 Å². The fourth-order valence-electron chi connectivity index (χ4n) is 0.551. The molecule has 2 amide bonds. The molecule has 1 rings (SSSR count). The summed E-state index contributed by atoms with van der Waals surface area (Å²) in [4.78, 5) is 10.4. The molecule has 10 heavy (non-hydrogen) atoms. The van der Waals surface area contributed by atoms with Crippen LogP contribution in [-0.2, 0) is 0 Å². The second-order valence-electron chi connectivity index (χ2n) is 1.64. The van der Waals surface area contributed by atoms with Gasteiger partial charge in [-0.2, -0.15) is 0 Å². The van der Waals surface area contributed by atoms with E-state index in [1.165, 1.54) is 10.2 Å². The van der Waals surface area contributed by atoms with Crippen LogP contribution in [0.4, 0.5) is 4.79 Å². The average molecular weight is 141 g/mol. The zero-order valence-corrected chi connectivity index (χ0v) is 5.11. The van der Waals surface area contributed by atoms with Crippen molar-refractivity contribution in [1.82, 2.24) is 10.2 Å². The highest BCUT2D eigenvalue weighted by molar-refractivity contribution is 5.80. The molecule has 1 aromatic rings. The molecule has 1 heterocycles. The summed E-state index contributed by atoms with van der Waals surface area (Å²) < 4.78 is 1.41. The van der Waals surface area contributed by atoms with Crippen LogP contribution in [0.15, 0.2) is 24.5 Å². The van der Waals surface area contributed by atoms with Gasteiger partial charge in [0.2, 0.25) is 0 Å². The van der Waals surface area contributed by atoms with Crippen LogP contribution in [0.2, 0.25) is 0 Å². The Morgan fingerprint density at radius 3 is 2.50 bits per heavy atom. The van der Waals surface area contributed by atoms with E-state index in [4.69, 9.17) is 5.21 Å². The zero-order valence-electron chi connectivity index (χ0n) is 5.11. The predicted octanol–water partition coefficient (Wildman–Crippen LogP) is 0.130. The van der Waals surface area contributed by atoms with Gasteiger partial charge in [0, 0.05) is 12.4 Å². The van der Waals surface area contributed by atoms with Crippen LogP contribution in [0, 0.1) is 0 Å². The van der Waals surface area contributed by atoms with Crippen molar-refractivity contribution >= 4 is 6.03 Å². The Bertz CT molecular complexity index is 207. The molecule has 0 aliphatic carbocycles. The number of carbonyl (C=O) groups is 1. The van der Waals surface area contributed by atoms with Crippen LogP contribution in [0.3, 0.4) is 0 Å². The molecule has 0 atom stereocenters. The van der Waals surface area contributed by atoms with E-state index in [2.05, 4.69) is 5.43 Å². The summed E-state index contributed by atoms with van der Waals surface area (Å²) in [5.41, 5.74) is 3.72. The van der Waals surface area contributed by atoms with Gasteiger partial charge in [0.25, 0.3) is 0 Å². The van der Waals surface area contributed by atoms with Gasteiger partial charge in [0.1, 0.15) is 0 Å².